The minimum absolute atomic E-state index is 0.140. The van der Waals surface area contributed by atoms with Crippen LogP contribution in [0.5, 0.6) is 0 Å². The second-order valence-electron chi connectivity index (χ2n) is 2.75. The molecule has 4 heteroatoms. The van der Waals surface area contributed by atoms with E-state index in [4.69, 9.17) is 0 Å². The van der Waals surface area contributed by atoms with Crippen LogP contribution in [0.15, 0.2) is 29.2 Å². The molecule has 0 radical (unpaired) electrons. The molecule has 0 fully saturated rings. The van der Waals surface area contributed by atoms with Gasteiger partial charge in [0, 0.05) is 10.7 Å². The molecule has 0 atom stereocenters. The number of fused-ring (bicyclic) bond motifs is 1. The number of nitrogens with one attached hydrogen (secondary N) is 1. The number of alkyl halides is 1. The molecule has 66 valence electrons. The first-order valence-electron chi connectivity index (χ1n) is 3.83. The summed E-state index contributed by atoms with van der Waals surface area (Å²) >= 11 is 3.36. The number of hydrogen-bond acceptors (Lipinski definition) is 2. The van der Waals surface area contributed by atoms with E-state index in [1.54, 1.807) is 6.20 Å². The average molecular weight is 239 g/mol. The van der Waals surface area contributed by atoms with Crippen LogP contribution in [0.4, 0.5) is 0 Å². The van der Waals surface area contributed by atoms with E-state index in [-0.39, 0.29) is 5.56 Å². The smallest absolute Gasteiger partial charge is 0.267 e. The number of nitrogens with zero attached hydrogens (tertiary/aromatic N) is 1. The molecule has 2 aromatic rings. The zero-order chi connectivity index (χ0) is 9.26. The molecular weight excluding hydrogens is 232 g/mol. The molecule has 3 nitrogen and oxygen atoms in total. The van der Waals surface area contributed by atoms with Crippen LogP contribution in [0.2, 0.25) is 0 Å². The Labute approximate surface area is 82.9 Å². The zero-order valence-corrected chi connectivity index (χ0v) is 8.34. The molecule has 0 unspecified atom stereocenters. The highest BCUT2D eigenvalue weighted by Crippen LogP contribution is 2.12. The van der Waals surface area contributed by atoms with E-state index in [2.05, 4.69) is 26.1 Å². The molecule has 0 bridgehead atoms. The van der Waals surface area contributed by atoms with E-state index in [9.17, 15) is 4.79 Å². The summed E-state index contributed by atoms with van der Waals surface area (Å²) in [5.74, 6) is 0. The van der Waals surface area contributed by atoms with Gasteiger partial charge in [-0.2, -0.15) is 5.10 Å². The van der Waals surface area contributed by atoms with Crippen LogP contribution in [-0.2, 0) is 5.33 Å². The van der Waals surface area contributed by atoms with E-state index >= 15 is 0 Å². The average Bonchev–Trinajstić information content (AvgIpc) is 2.18. The van der Waals surface area contributed by atoms with Gasteiger partial charge in [0.05, 0.1) is 11.6 Å². The molecule has 1 heterocycles. The number of halogens is 1. The highest BCUT2D eigenvalue weighted by molar-refractivity contribution is 9.08. The van der Waals surface area contributed by atoms with Crippen molar-refractivity contribution in [3.05, 3.63) is 40.3 Å². The minimum atomic E-state index is -0.140. The Balaban J connectivity index is 2.80. The standard InChI is InChI=1S/C9H7BrN2O/c10-4-6-1-2-8-7(3-6)5-11-12-9(8)13/h1-3,5H,4H2,(H,12,13). The van der Waals surface area contributed by atoms with Crippen molar-refractivity contribution in [1.29, 1.82) is 0 Å². The van der Waals surface area contributed by atoms with Gasteiger partial charge in [-0.25, -0.2) is 5.10 Å². The van der Waals surface area contributed by atoms with Crippen LogP contribution in [0.3, 0.4) is 0 Å². The molecule has 1 aromatic heterocycles. The van der Waals surface area contributed by atoms with E-state index in [0.29, 0.717) is 5.39 Å². The monoisotopic (exact) mass is 238 g/mol. The normalized spacial score (nSPS) is 10.5. The predicted octanol–water partition coefficient (Wildman–Crippen LogP) is 1.82. The zero-order valence-electron chi connectivity index (χ0n) is 6.75. The van der Waals surface area contributed by atoms with Crippen molar-refractivity contribution in [2.24, 2.45) is 0 Å². The lowest BCUT2D eigenvalue weighted by Crippen LogP contribution is -2.07. The fraction of sp³-hybridized carbons (Fsp3) is 0.111. The molecule has 2 rings (SSSR count). The number of hydrogen-bond donors (Lipinski definition) is 1. The highest BCUT2D eigenvalue weighted by Gasteiger charge is 1.98. The number of aromatic nitrogens is 2. The van der Waals surface area contributed by atoms with Crippen LogP contribution in [0, 0.1) is 0 Å². The summed E-state index contributed by atoms with van der Waals surface area (Å²) in [5, 5.41) is 8.47. The Hall–Kier alpha value is -1.16. The maximum atomic E-state index is 11.2. The van der Waals surface area contributed by atoms with Crippen LogP contribution < -0.4 is 5.56 Å². The third-order valence-electron chi connectivity index (χ3n) is 1.88. The molecule has 0 aliphatic rings. The van der Waals surface area contributed by atoms with Gasteiger partial charge in [-0.15, -0.1) is 0 Å². The molecule has 0 aliphatic carbocycles. The Morgan fingerprint density at radius 3 is 3.08 bits per heavy atom. The molecule has 0 saturated heterocycles. The molecule has 0 spiro atoms. The summed E-state index contributed by atoms with van der Waals surface area (Å²) in [5.41, 5.74) is 0.999. The lowest BCUT2D eigenvalue weighted by atomic mass is 10.1. The third kappa shape index (κ3) is 1.49. The lowest BCUT2D eigenvalue weighted by Gasteiger charge is -1.97. The van der Waals surface area contributed by atoms with Gasteiger partial charge in [-0.1, -0.05) is 22.0 Å². The summed E-state index contributed by atoms with van der Waals surface area (Å²) in [4.78, 5) is 11.2. The van der Waals surface area contributed by atoms with Crippen LogP contribution in [-0.4, -0.2) is 10.2 Å². The lowest BCUT2D eigenvalue weighted by molar-refractivity contribution is 1.01. The van der Waals surface area contributed by atoms with Crippen LogP contribution in [0.25, 0.3) is 10.8 Å². The van der Waals surface area contributed by atoms with Crippen molar-refractivity contribution >= 4 is 26.7 Å². The second kappa shape index (κ2) is 3.30. The minimum Gasteiger partial charge on any atom is -0.267 e. The Morgan fingerprint density at radius 2 is 2.31 bits per heavy atom. The first-order valence-corrected chi connectivity index (χ1v) is 4.95. The van der Waals surface area contributed by atoms with Crippen molar-refractivity contribution in [2.75, 3.05) is 0 Å². The third-order valence-corrected chi connectivity index (χ3v) is 2.53. The predicted molar refractivity (Wildman–Crippen MR) is 55.0 cm³/mol. The quantitative estimate of drug-likeness (QED) is 0.771. The van der Waals surface area contributed by atoms with Crippen LogP contribution >= 0.6 is 15.9 Å². The summed E-state index contributed by atoms with van der Waals surface area (Å²) in [6.45, 7) is 0. The first kappa shape index (κ1) is 8.44. The molecule has 0 saturated carbocycles. The van der Waals surface area contributed by atoms with E-state index in [0.717, 1.165) is 16.3 Å². The van der Waals surface area contributed by atoms with Crippen molar-refractivity contribution < 1.29 is 0 Å². The SMILES string of the molecule is O=c1[nH]ncc2cc(CBr)ccc12. The molecule has 13 heavy (non-hydrogen) atoms. The fourth-order valence-electron chi connectivity index (χ4n) is 1.23. The first-order chi connectivity index (χ1) is 6.31. The molecule has 0 aliphatic heterocycles. The summed E-state index contributed by atoms with van der Waals surface area (Å²) in [6.07, 6.45) is 1.66. The molecule has 1 N–H and O–H groups in total. The van der Waals surface area contributed by atoms with Crippen molar-refractivity contribution in [2.45, 2.75) is 5.33 Å². The van der Waals surface area contributed by atoms with Gasteiger partial charge >= 0.3 is 0 Å². The summed E-state index contributed by atoms with van der Waals surface area (Å²) in [7, 11) is 0. The van der Waals surface area contributed by atoms with Crippen molar-refractivity contribution in [1.82, 2.24) is 10.2 Å². The Kier molecular flexibility index (Phi) is 2.14. The number of aromatic amines is 1. The second-order valence-corrected chi connectivity index (χ2v) is 3.32. The topological polar surface area (TPSA) is 45.8 Å². The maximum Gasteiger partial charge on any atom is 0.272 e. The molecular formula is C9H7BrN2O. The van der Waals surface area contributed by atoms with E-state index in [1.165, 1.54) is 0 Å². The molecule has 1 aromatic carbocycles. The van der Waals surface area contributed by atoms with Gasteiger partial charge in [0.1, 0.15) is 0 Å². The van der Waals surface area contributed by atoms with Gasteiger partial charge in [0.2, 0.25) is 0 Å². The van der Waals surface area contributed by atoms with Crippen molar-refractivity contribution in [3.63, 3.8) is 0 Å². The van der Waals surface area contributed by atoms with Gasteiger partial charge in [0.15, 0.2) is 0 Å². The van der Waals surface area contributed by atoms with Crippen molar-refractivity contribution in [3.8, 4) is 0 Å². The van der Waals surface area contributed by atoms with Gasteiger partial charge in [-0.05, 0) is 17.7 Å². The van der Waals surface area contributed by atoms with Gasteiger partial charge in [0.25, 0.3) is 5.56 Å². The Morgan fingerprint density at radius 1 is 1.46 bits per heavy atom. The Bertz CT molecular complexity index is 492. The van der Waals surface area contributed by atoms with E-state index < -0.39 is 0 Å². The van der Waals surface area contributed by atoms with Gasteiger partial charge < -0.3 is 0 Å². The van der Waals surface area contributed by atoms with E-state index in [1.807, 2.05) is 18.2 Å². The number of rotatable bonds is 1. The van der Waals surface area contributed by atoms with Crippen LogP contribution in [0.1, 0.15) is 5.56 Å². The fourth-order valence-corrected chi connectivity index (χ4v) is 1.58. The largest absolute Gasteiger partial charge is 0.272 e. The highest BCUT2D eigenvalue weighted by atomic mass is 79.9. The maximum absolute atomic E-state index is 11.2. The number of benzene rings is 1. The van der Waals surface area contributed by atoms with Gasteiger partial charge in [-0.3, -0.25) is 4.79 Å². The molecule has 0 amide bonds. The summed E-state index contributed by atoms with van der Waals surface area (Å²) < 4.78 is 0. The summed E-state index contributed by atoms with van der Waals surface area (Å²) in [6, 6.07) is 5.69. The number of H-pyrrole nitrogens is 1.